The number of benzene rings is 1. The van der Waals surface area contributed by atoms with Crippen molar-refractivity contribution in [3.8, 4) is 0 Å². The van der Waals surface area contributed by atoms with E-state index in [1.165, 1.54) is 5.56 Å². The van der Waals surface area contributed by atoms with Crippen LogP contribution in [-0.2, 0) is 22.4 Å². The molecule has 1 fully saturated rings. The van der Waals surface area contributed by atoms with Crippen LogP contribution in [0.4, 0.5) is 5.69 Å². The Labute approximate surface area is 152 Å². The summed E-state index contributed by atoms with van der Waals surface area (Å²) in [5.74, 6) is 0.211. The molecule has 1 aromatic heterocycles. The third-order valence-electron chi connectivity index (χ3n) is 4.75. The lowest BCUT2D eigenvalue weighted by Gasteiger charge is -2.31. The quantitative estimate of drug-likeness (QED) is 0.887. The van der Waals surface area contributed by atoms with Gasteiger partial charge in [0.25, 0.3) is 0 Å². The van der Waals surface area contributed by atoms with Crippen LogP contribution in [0.25, 0.3) is 0 Å². The van der Waals surface area contributed by atoms with E-state index in [0.717, 1.165) is 29.8 Å². The van der Waals surface area contributed by atoms with Crippen molar-refractivity contribution in [1.29, 1.82) is 0 Å². The number of thiophene rings is 1. The van der Waals surface area contributed by atoms with Crippen LogP contribution in [-0.4, -0.2) is 29.8 Å². The zero-order chi connectivity index (χ0) is 17.6. The number of nitrogens with one attached hydrogen (secondary N) is 1. The van der Waals surface area contributed by atoms with Gasteiger partial charge in [0, 0.05) is 29.6 Å². The molecule has 0 radical (unpaired) electrons. The summed E-state index contributed by atoms with van der Waals surface area (Å²) in [4.78, 5) is 27.8. The van der Waals surface area contributed by atoms with Crippen LogP contribution >= 0.6 is 11.3 Å². The summed E-state index contributed by atoms with van der Waals surface area (Å²) in [6, 6.07) is 12.0. The highest BCUT2D eigenvalue weighted by atomic mass is 32.1. The molecule has 5 heteroatoms. The van der Waals surface area contributed by atoms with Crippen molar-refractivity contribution in [2.24, 2.45) is 5.92 Å². The molecule has 132 valence electrons. The number of piperidine rings is 1. The summed E-state index contributed by atoms with van der Waals surface area (Å²) in [7, 11) is 0. The molecule has 1 aromatic carbocycles. The Bertz CT molecular complexity index is 702. The molecule has 2 amide bonds. The second-order valence-corrected chi connectivity index (χ2v) is 7.48. The number of carbonyl (C=O) groups is 2. The third-order valence-corrected chi connectivity index (χ3v) is 5.63. The van der Waals surface area contributed by atoms with Crippen molar-refractivity contribution in [3.05, 3.63) is 52.2 Å². The van der Waals surface area contributed by atoms with Crippen molar-refractivity contribution in [2.75, 3.05) is 18.4 Å². The van der Waals surface area contributed by atoms with Crippen LogP contribution in [0, 0.1) is 5.92 Å². The molecule has 0 aliphatic carbocycles. The lowest BCUT2D eigenvalue weighted by Crippen LogP contribution is -2.42. The highest BCUT2D eigenvalue weighted by molar-refractivity contribution is 7.10. The number of amides is 2. The van der Waals surface area contributed by atoms with Crippen molar-refractivity contribution >= 4 is 28.8 Å². The van der Waals surface area contributed by atoms with E-state index in [1.54, 1.807) is 11.3 Å². The first-order valence-electron chi connectivity index (χ1n) is 8.85. The Morgan fingerprint density at radius 1 is 1.16 bits per heavy atom. The van der Waals surface area contributed by atoms with Gasteiger partial charge in [0.2, 0.25) is 11.8 Å². The van der Waals surface area contributed by atoms with Crippen molar-refractivity contribution in [1.82, 2.24) is 4.90 Å². The molecule has 2 heterocycles. The molecule has 3 rings (SSSR count). The average Bonchev–Trinajstić information content (AvgIpc) is 3.15. The predicted molar refractivity (Wildman–Crippen MR) is 102 cm³/mol. The molecule has 2 aromatic rings. The number of hydrogen-bond acceptors (Lipinski definition) is 3. The fourth-order valence-corrected chi connectivity index (χ4v) is 3.83. The van der Waals surface area contributed by atoms with Gasteiger partial charge >= 0.3 is 0 Å². The summed E-state index contributed by atoms with van der Waals surface area (Å²) in [5.41, 5.74) is 2.11. The van der Waals surface area contributed by atoms with Crippen LogP contribution in [0.5, 0.6) is 0 Å². The van der Waals surface area contributed by atoms with E-state index in [9.17, 15) is 9.59 Å². The Morgan fingerprint density at radius 2 is 1.88 bits per heavy atom. The second kappa shape index (κ2) is 8.30. The van der Waals surface area contributed by atoms with E-state index in [2.05, 4.69) is 12.2 Å². The minimum atomic E-state index is -0.0170. The Hall–Kier alpha value is -2.14. The van der Waals surface area contributed by atoms with Gasteiger partial charge in [0.1, 0.15) is 0 Å². The Morgan fingerprint density at radius 3 is 2.48 bits per heavy atom. The van der Waals surface area contributed by atoms with Crippen molar-refractivity contribution in [2.45, 2.75) is 32.6 Å². The first-order valence-corrected chi connectivity index (χ1v) is 9.73. The molecule has 1 aliphatic rings. The maximum atomic E-state index is 12.4. The minimum absolute atomic E-state index is 0.0170. The van der Waals surface area contributed by atoms with E-state index < -0.39 is 0 Å². The maximum Gasteiger partial charge on any atom is 0.227 e. The summed E-state index contributed by atoms with van der Waals surface area (Å²) >= 11 is 1.61. The first-order chi connectivity index (χ1) is 12.2. The summed E-state index contributed by atoms with van der Waals surface area (Å²) < 4.78 is 0. The number of anilines is 1. The first kappa shape index (κ1) is 17.7. The molecule has 25 heavy (non-hydrogen) atoms. The van der Waals surface area contributed by atoms with Crippen LogP contribution in [0.2, 0.25) is 0 Å². The molecule has 0 saturated carbocycles. The normalized spacial score (nSPS) is 15.2. The number of nitrogens with zero attached hydrogens (tertiary/aromatic N) is 1. The summed E-state index contributed by atoms with van der Waals surface area (Å²) in [5, 5.41) is 4.99. The maximum absolute atomic E-state index is 12.4. The Balaban J connectivity index is 1.47. The predicted octanol–water partition coefficient (Wildman–Crippen LogP) is 3.73. The molecule has 1 aliphatic heterocycles. The number of likely N-dealkylation sites (tertiary alicyclic amines) is 1. The van der Waals surface area contributed by atoms with Crippen LogP contribution in [0.1, 0.15) is 30.2 Å². The van der Waals surface area contributed by atoms with E-state index in [-0.39, 0.29) is 17.7 Å². The van der Waals surface area contributed by atoms with E-state index in [4.69, 9.17) is 0 Å². The standard InChI is InChI=1S/C20H24N2O2S/c1-2-15-5-7-17(8-6-15)21-20(24)16-9-11-22(12-10-16)19(23)14-18-4-3-13-25-18/h3-8,13,16H,2,9-12,14H2,1H3,(H,21,24). The molecule has 0 spiro atoms. The highest BCUT2D eigenvalue weighted by Crippen LogP contribution is 2.21. The van der Waals surface area contributed by atoms with Gasteiger partial charge in [-0.1, -0.05) is 25.1 Å². The van der Waals surface area contributed by atoms with Crippen LogP contribution in [0.3, 0.4) is 0 Å². The number of hydrogen-bond donors (Lipinski definition) is 1. The smallest absolute Gasteiger partial charge is 0.227 e. The molecule has 1 N–H and O–H groups in total. The highest BCUT2D eigenvalue weighted by Gasteiger charge is 2.27. The van der Waals surface area contributed by atoms with Gasteiger partial charge in [-0.15, -0.1) is 11.3 Å². The molecular formula is C20H24N2O2S. The number of carbonyl (C=O) groups excluding carboxylic acids is 2. The van der Waals surface area contributed by atoms with Crippen molar-refractivity contribution in [3.63, 3.8) is 0 Å². The van der Waals surface area contributed by atoms with Gasteiger partial charge in [-0.05, 0) is 48.4 Å². The van der Waals surface area contributed by atoms with Gasteiger partial charge < -0.3 is 10.2 Å². The molecule has 0 bridgehead atoms. The van der Waals surface area contributed by atoms with Crippen molar-refractivity contribution < 1.29 is 9.59 Å². The Kier molecular flexibility index (Phi) is 5.87. The van der Waals surface area contributed by atoms with Crippen LogP contribution < -0.4 is 5.32 Å². The molecule has 0 atom stereocenters. The van der Waals surface area contributed by atoms with Gasteiger partial charge in [-0.3, -0.25) is 9.59 Å². The molecule has 4 nitrogen and oxygen atoms in total. The number of aryl methyl sites for hydroxylation is 1. The number of rotatable bonds is 5. The van der Waals surface area contributed by atoms with E-state index >= 15 is 0 Å². The van der Waals surface area contributed by atoms with E-state index in [0.29, 0.717) is 19.5 Å². The monoisotopic (exact) mass is 356 g/mol. The topological polar surface area (TPSA) is 49.4 Å². The minimum Gasteiger partial charge on any atom is -0.342 e. The van der Waals surface area contributed by atoms with Gasteiger partial charge in [0.05, 0.1) is 6.42 Å². The summed E-state index contributed by atoms with van der Waals surface area (Å²) in [6.07, 6.45) is 2.93. The lowest BCUT2D eigenvalue weighted by molar-refractivity contribution is -0.133. The van der Waals surface area contributed by atoms with Gasteiger partial charge in [0.15, 0.2) is 0 Å². The van der Waals surface area contributed by atoms with Gasteiger partial charge in [-0.25, -0.2) is 0 Å². The largest absolute Gasteiger partial charge is 0.342 e. The SMILES string of the molecule is CCc1ccc(NC(=O)C2CCN(C(=O)Cc3cccs3)CC2)cc1. The second-order valence-electron chi connectivity index (χ2n) is 6.45. The zero-order valence-electron chi connectivity index (χ0n) is 14.5. The summed E-state index contributed by atoms with van der Waals surface area (Å²) in [6.45, 7) is 3.44. The molecule has 1 saturated heterocycles. The molecular weight excluding hydrogens is 332 g/mol. The zero-order valence-corrected chi connectivity index (χ0v) is 15.3. The average molecular weight is 356 g/mol. The van der Waals surface area contributed by atoms with E-state index in [1.807, 2.05) is 46.7 Å². The van der Waals surface area contributed by atoms with Gasteiger partial charge in [-0.2, -0.15) is 0 Å². The third kappa shape index (κ3) is 4.69. The molecule has 0 unspecified atom stereocenters. The van der Waals surface area contributed by atoms with Crippen LogP contribution in [0.15, 0.2) is 41.8 Å². The fraction of sp³-hybridized carbons (Fsp3) is 0.400. The lowest BCUT2D eigenvalue weighted by atomic mass is 9.95. The fourth-order valence-electron chi connectivity index (χ4n) is 3.13.